The van der Waals surface area contributed by atoms with Crippen LogP contribution in [-0.2, 0) is 12.8 Å². The number of hydrogen-bond acceptors (Lipinski definition) is 6. The molecule has 0 amide bonds. The van der Waals surface area contributed by atoms with Crippen LogP contribution in [0.15, 0.2) is 64.3 Å². The molecular weight excluding hydrogens is 346 g/mol. The summed E-state index contributed by atoms with van der Waals surface area (Å²) in [6.07, 6.45) is 0. The van der Waals surface area contributed by atoms with Crippen molar-refractivity contribution in [2.75, 3.05) is 0 Å². The third kappa shape index (κ3) is 3.25. The minimum Gasteiger partial charge on any atom is -0.338 e. The summed E-state index contributed by atoms with van der Waals surface area (Å²) < 4.78 is 7.34. The lowest BCUT2D eigenvalue weighted by atomic mass is 10.1. The van der Waals surface area contributed by atoms with Crippen molar-refractivity contribution in [3.8, 4) is 22.8 Å². The highest BCUT2D eigenvalue weighted by atomic mass is 32.2. The molecule has 130 valence electrons. The maximum absolute atomic E-state index is 5.35. The van der Waals surface area contributed by atoms with E-state index < -0.39 is 0 Å². The summed E-state index contributed by atoms with van der Waals surface area (Å²) in [7, 11) is 1.97. The first-order valence-corrected chi connectivity index (χ1v) is 9.17. The van der Waals surface area contributed by atoms with Gasteiger partial charge in [0.1, 0.15) is 0 Å². The summed E-state index contributed by atoms with van der Waals surface area (Å²) in [5.41, 5.74) is 3.19. The normalized spacial score (nSPS) is 11.0. The highest BCUT2D eigenvalue weighted by Gasteiger charge is 2.15. The summed E-state index contributed by atoms with van der Waals surface area (Å²) in [5, 5.41) is 13.5. The van der Waals surface area contributed by atoms with Gasteiger partial charge in [0.25, 0.3) is 0 Å². The summed E-state index contributed by atoms with van der Waals surface area (Å²) >= 11 is 1.52. The Morgan fingerprint density at radius 3 is 2.58 bits per heavy atom. The van der Waals surface area contributed by atoms with E-state index in [4.69, 9.17) is 4.52 Å². The minimum absolute atomic E-state index is 0.541. The van der Waals surface area contributed by atoms with Gasteiger partial charge in [-0.15, -0.1) is 10.2 Å². The predicted molar refractivity (Wildman–Crippen MR) is 100 cm³/mol. The van der Waals surface area contributed by atoms with Crippen LogP contribution in [-0.4, -0.2) is 24.9 Å². The van der Waals surface area contributed by atoms with Crippen LogP contribution in [0, 0.1) is 6.92 Å². The number of benzene rings is 2. The van der Waals surface area contributed by atoms with Gasteiger partial charge in [-0.25, -0.2) is 0 Å². The molecule has 0 aliphatic rings. The summed E-state index contributed by atoms with van der Waals surface area (Å²) in [4.78, 5) is 4.45. The van der Waals surface area contributed by atoms with Gasteiger partial charge in [-0.3, -0.25) is 0 Å². The Labute approximate surface area is 155 Å². The molecule has 2 aromatic heterocycles. The number of thioether (sulfide) groups is 1. The molecule has 0 N–H and O–H groups in total. The van der Waals surface area contributed by atoms with E-state index in [2.05, 4.69) is 39.4 Å². The van der Waals surface area contributed by atoms with Crippen LogP contribution in [0.1, 0.15) is 11.5 Å². The van der Waals surface area contributed by atoms with Crippen molar-refractivity contribution in [3.63, 3.8) is 0 Å². The highest BCUT2D eigenvalue weighted by molar-refractivity contribution is 7.98. The Balaban J connectivity index is 1.50. The smallest absolute Gasteiger partial charge is 0.237 e. The Kier molecular flexibility index (Phi) is 4.53. The number of aryl methyl sites for hydroxylation is 1. The Hall–Kier alpha value is -2.93. The van der Waals surface area contributed by atoms with E-state index in [-0.39, 0.29) is 0 Å². The number of hydrogen-bond donors (Lipinski definition) is 0. The molecule has 26 heavy (non-hydrogen) atoms. The van der Waals surface area contributed by atoms with Crippen molar-refractivity contribution < 1.29 is 4.52 Å². The summed E-state index contributed by atoms with van der Waals surface area (Å²) in [6.45, 7) is 2.07. The van der Waals surface area contributed by atoms with Gasteiger partial charge in [-0.2, -0.15) is 4.98 Å². The number of rotatable bonds is 5. The molecule has 0 fully saturated rings. The molecule has 0 spiro atoms. The van der Waals surface area contributed by atoms with Crippen LogP contribution in [0.2, 0.25) is 0 Å². The first kappa shape index (κ1) is 16.5. The third-order valence-corrected chi connectivity index (χ3v) is 5.05. The second-order valence-corrected chi connectivity index (χ2v) is 6.79. The SMILES string of the molecule is Cc1ccccc1-c1nnc(SCc2nc(-c3ccccc3)no2)n1C. The van der Waals surface area contributed by atoms with Gasteiger partial charge in [0.2, 0.25) is 11.7 Å². The zero-order chi connectivity index (χ0) is 17.9. The zero-order valence-corrected chi connectivity index (χ0v) is 15.3. The maximum atomic E-state index is 5.35. The number of aromatic nitrogens is 5. The zero-order valence-electron chi connectivity index (χ0n) is 14.5. The van der Waals surface area contributed by atoms with E-state index in [0.717, 1.165) is 22.1 Å². The van der Waals surface area contributed by atoms with Crippen molar-refractivity contribution in [1.82, 2.24) is 24.9 Å². The fourth-order valence-electron chi connectivity index (χ4n) is 2.64. The molecule has 0 aliphatic carbocycles. The molecule has 2 aromatic carbocycles. The molecule has 0 atom stereocenters. The van der Waals surface area contributed by atoms with Crippen LogP contribution >= 0.6 is 11.8 Å². The van der Waals surface area contributed by atoms with E-state index in [9.17, 15) is 0 Å². The number of nitrogens with zero attached hydrogens (tertiary/aromatic N) is 5. The first-order valence-electron chi connectivity index (χ1n) is 8.18. The van der Waals surface area contributed by atoms with Crippen LogP contribution in [0.3, 0.4) is 0 Å². The average molecular weight is 363 g/mol. The molecule has 0 unspecified atom stereocenters. The molecule has 4 rings (SSSR count). The molecule has 4 aromatic rings. The van der Waals surface area contributed by atoms with Crippen LogP contribution in [0.5, 0.6) is 0 Å². The van der Waals surface area contributed by atoms with E-state index >= 15 is 0 Å². The van der Waals surface area contributed by atoms with Gasteiger partial charge in [-0.1, -0.05) is 71.5 Å². The van der Waals surface area contributed by atoms with Gasteiger partial charge >= 0.3 is 0 Å². The van der Waals surface area contributed by atoms with Crippen molar-refractivity contribution >= 4 is 11.8 Å². The average Bonchev–Trinajstić information content (AvgIpc) is 3.28. The molecule has 0 aliphatic heterocycles. The second-order valence-electron chi connectivity index (χ2n) is 5.85. The fraction of sp³-hybridized carbons (Fsp3) is 0.158. The summed E-state index contributed by atoms with van der Waals surface area (Å²) in [6, 6.07) is 17.9. The molecule has 0 saturated carbocycles. The Morgan fingerprint density at radius 1 is 1.00 bits per heavy atom. The van der Waals surface area contributed by atoms with Gasteiger partial charge in [0.05, 0.1) is 5.75 Å². The van der Waals surface area contributed by atoms with Crippen molar-refractivity contribution in [2.45, 2.75) is 17.8 Å². The van der Waals surface area contributed by atoms with Crippen LogP contribution in [0.4, 0.5) is 0 Å². The molecule has 2 heterocycles. The van der Waals surface area contributed by atoms with E-state index in [1.54, 1.807) is 0 Å². The van der Waals surface area contributed by atoms with Crippen LogP contribution in [0.25, 0.3) is 22.8 Å². The Morgan fingerprint density at radius 2 is 1.77 bits per heavy atom. The summed E-state index contributed by atoms with van der Waals surface area (Å²) in [5.74, 6) is 2.55. The lowest BCUT2D eigenvalue weighted by Gasteiger charge is -2.05. The molecule has 0 bridgehead atoms. The molecular formula is C19H17N5OS. The molecule has 0 radical (unpaired) electrons. The molecule has 6 nitrogen and oxygen atoms in total. The highest BCUT2D eigenvalue weighted by Crippen LogP contribution is 2.27. The minimum atomic E-state index is 0.541. The third-order valence-electron chi connectivity index (χ3n) is 4.05. The van der Waals surface area contributed by atoms with Gasteiger partial charge in [0.15, 0.2) is 11.0 Å². The van der Waals surface area contributed by atoms with Crippen molar-refractivity contribution in [2.24, 2.45) is 7.05 Å². The largest absolute Gasteiger partial charge is 0.338 e. The van der Waals surface area contributed by atoms with Gasteiger partial charge < -0.3 is 9.09 Å². The van der Waals surface area contributed by atoms with Crippen molar-refractivity contribution in [1.29, 1.82) is 0 Å². The van der Waals surface area contributed by atoms with E-state index in [0.29, 0.717) is 17.5 Å². The lowest BCUT2D eigenvalue weighted by Crippen LogP contribution is -1.96. The predicted octanol–water partition coefficient (Wildman–Crippen LogP) is 4.13. The molecule has 0 saturated heterocycles. The van der Waals surface area contributed by atoms with Crippen LogP contribution < -0.4 is 0 Å². The fourth-order valence-corrected chi connectivity index (χ4v) is 3.39. The van der Waals surface area contributed by atoms with Crippen molar-refractivity contribution in [3.05, 3.63) is 66.1 Å². The second kappa shape index (κ2) is 7.13. The topological polar surface area (TPSA) is 69.6 Å². The Bertz CT molecular complexity index is 1030. The van der Waals surface area contributed by atoms with Gasteiger partial charge in [0, 0.05) is 18.2 Å². The maximum Gasteiger partial charge on any atom is 0.237 e. The lowest BCUT2D eigenvalue weighted by molar-refractivity contribution is 0.391. The van der Waals surface area contributed by atoms with E-state index in [1.165, 1.54) is 17.3 Å². The quantitative estimate of drug-likeness (QED) is 0.497. The monoisotopic (exact) mass is 363 g/mol. The van der Waals surface area contributed by atoms with Gasteiger partial charge in [-0.05, 0) is 12.5 Å². The first-order chi connectivity index (χ1) is 12.7. The molecule has 7 heteroatoms. The van der Waals surface area contributed by atoms with E-state index in [1.807, 2.05) is 54.1 Å². The standard InChI is InChI=1S/C19H17N5OS/c1-13-8-6-7-11-15(13)18-21-22-19(24(18)2)26-12-16-20-17(23-25-16)14-9-4-3-5-10-14/h3-11H,12H2,1-2H3.